The van der Waals surface area contributed by atoms with Crippen LogP contribution in [0, 0.1) is 0 Å². The van der Waals surface area contributed by atoms with Gasteiger partial charge in [-0.25, -0.2) is 0 Å². The lowest BCUT2D eigenvalue weighted by molar-refractivity contribution is -0.140. The summed E-state index contributed by atoms with van der Waals surface area (Å²) in [4.78, 5) is 25.3. The van der Waals surface area contributed by atoms with E-state index in [4.69, 9.17) is 26.8 Å². The number of thiocarbonyl (C=S) groups is 1. The molecule has 0 spiro atoms. The number of hydrogen-bond donors (Lipinski definition) is 1. The SMILES string of the molecule is CC(Oc1cc(C=C2SC(=S)N(CC(=O)O)C2=O)ccc1OC[C@@H](C)c1ccccc1)c1ccccc1. The molecule has 1 amide bonds. The molecule has 6 nitrogen and oxygen atoms in total. The molecule has 8 heteroatoms. The van der Waals surface area contributed by atoms with Crippen molar-refractivity contribution in [1.29, 1.82) is 0 Å². The zero-order valence-electron chi connectivity index (χ0n) is 20.5. The molecule has 1 saturated heterocycles. The smallest absolute Gasteiger partial charge is 0.323 e. The van der Waals surface area contributed by atoms with Gasteiger partial charge >= 0.3 is 5.97 Å². The van der Waals surface area contributed by atoms with Gasteiger partial charge in [-0.05, 0) is 41.8 Å². The van der Waals surface area contributed by atoms with Crippen LogP contribution in [0.25, 0.3) is 6.08 Å². The van der Waals surface area contributed by atoms with Crippen LogP contribution < -0.4 is 9.47 Å². The van der Waals surface area contributed by atoms with Gasteiger partial charge < -0.3 is 14.6 Å². The molecule has 1 heterocycles. The highest BCUT2D eigenvalue weighted by Gasteiger charge is 2.33. The van der Waals surface area contributed by atoms with E-state index in [1.807, 2.05) is 73.7 Å². The maximum absolute atomic E-state index is 12.7. The Morgan fingerprint density at radius 2 is 1.65 bits per heavy atom. The number of benzene rings is 3. The summed E-state index contributed by atoms with van der Waals surface area (Å²) in [6.45, 7) is 4.08. The number of thioether (sulfide) groups is 1. The fourth-order valence-electron chi connectivity index (χ4n) is 3.82. The van der Waals surface area contributed by atoms with Crippen molar-refractivity contribution in [3.05, 3.63) is 100 Å². The van der Waals surface area contributed by atoms with E-state index in [0.29, 0.717) is 23.0 Å². The van der Waals surface area contributed by atoms with Gasteiger partial charge in [0.2, 0.25) is 0 Å². The van der Waals surface area contributed by atoms with E-state index in [9.17, 15) is 9.59 Å². The van der Waals surface area contributed by atoms with Crippen molar-refractivity contribution in [3.63, 3.8) is 0 Å². The molecular weight excluding hydrogens is 506 g/mol. The second kappa shape index (κ2) is 12.1. The average molecular weight is 534 g/mol. The molecule has 0 aliphatic carbocycles. The Bertz CT molecular complexity index is 1310. The standard InChI is InChI=1S/C29H27NO5S2/c1-19(22-9-5-3-6-10-22)18-34-24-14-13-21(15-25(24)35-20(2)23-11-7-4-8-12-23)16-26-28(33)30(17-27(31)32)29(36)37-26/h3-16,19-20H,17-18H2,1-2H3,(H,31,32)/t19-,20?/m1/s1. The second-order valence-electron chi connectivity index (χ2n) is 8.66. The average Bonchev–Trinajstić information content (AvgIpc) is 3.15. The number of rotatable bonds is 10. The molecule has 1 aliphatic rings. The largest absolute Gasteiger partial charge is 0.489 e. The van der Waals surface area contributed by atoms with Gasteiger partial charge in [0.15, 0.2) is 11.5 Å². The minimum absolute atomic E-state index is 0.177. The van der Waals surface area contributed by atoms with Crippen LogP contribution in [0.3, 0.4) is 0 Å². The zero-order chi connectivity index (χ0) is 26.4. The van der Waals surface area contributed by atoms with Crippen LogP contribution in [0.15, 0.2) is 83.8 Å². The molecule has 0 aromatic heterocycles. The number of ether oxygens (including phenoxy) is 2. The summed E-state index contributed by atoms with van der Waals surface area (Å²) >= 11 is 6.29. The first kappa shape index (κ1) is 26.4. The van der Waals surface area contributed by atoms with Gasteiger partial charge in [0.25, 0.3) is 5.91 Å². The molecule has 1 fully saturated rings. The number of hydrogen-bond acceptors (Lipinski definition) is 6. The van der Waals surface area contributed by atoms with Gasteiger partial charge in [0, 0.05) is 5.92 Å². The van der Waals surface area contributed by atoms with Crippen molar-refractivity contribution in [3.8, 4) is 11.5 Å². The molecule has 3 aromatic rings. The second-order valence-corrected chi connectivity index (χ2v) is 10.3. The number of aliphatic carboxylic acids is 1. The third kappa shape index (κ3) is 6.78. The van der Waals surface area contributed by atoms with E-state index in [0.717, 1.165) is 27.8 Å². The van der Waals surface area contributed by atoms with Crippen molar-refractivity contribution in [1.82, 2.24) is 4.90 Å². The Labute approximate surface area is 225 Å². The van der Waals surface area contributed by atoms with Gasteiger partial charge in [-0.2, -0.15) is 0 Å². The van der Waals surface area contributed by atoms with Crippen LogP contribution in [0.5, 0.6) is 11.5 Å². The monoisotopic (exact) mass is 533 g/mol. The van der Waals surface area contributed by atoms with Crippen molar-refractivity contribution in [2.24, 2.45) is 0 Å². The molecule has 0 bridgehead atoms. The first-order chi connectivity index (χ1) is 17.8. The predicted molar refractivity (Wildman–Crippen MR) is 150 cm³/mol. The third-order valence-electron chi connectivity index (χ3n) is 5.86. The first-order valence-corrected chi connectivity index (χ1v) is 13.0. The van der Waals surface area contributed by atoms with Crippen LogP contribution in [-0.4, -0.2) is 39.4 Å². The van der Waals surface area contributed by atoms with Gasteiger partial charge in [-0.3, -0.25) is 14.5 Å². The van der Waals surface area contributed by atoms with E-state index in [1.54, 1.807) is 6.08 Å². The summed E-state index contributed by atoms with van der Waals surface area (Å²) < 4.78 is 12.8. The maximum atomic E-state index is 12.7. The summed E-state index contributed by atoms with van der Waals surface area (Å²) in [5.74, 6) is -0.215. The van der Waals surface area contributed by atoms with E-state index in [-0.39, 0.29) is 16.3 Å². The summed E-state index contributed by atoms with van der Waals surface area (Å²) in [6, 6.07) is 25.5. The maximum Gasteiger partial charge on any atom is 0.323 e. The highest BCUT2D eigenvalue weighted by atomic mass is 32.2. The fourth-order valence-corrected chi connectivity index (χ4v) is 5.08. The lowest BCUT2D eigenvalue weighted by atomic mass is 10.0. The van der Waals surface area contributed by atoms with Crippen LogP contribution in [0.2, 0.25) is 0 Å². The van der Waals surface area contributed by atoms with E-state index >= 15 is 0 Å². The first-order valence-electron chi connectivity index (χ1n) is 11.8. The molecule has 1 unspecified atom stereocenters. The van der Waals surface area contributed by atoms with Gasteiger partial charge in [0.1, 0.15) is 17.0 Å². The van der Waals surface area contributed by atoms with Crippen molar-refractivity contribution >= 4 is 46.3 Å². The molecule has 2 atom stereocenters. The summed E-state index contributed by atoms with van der Waals surface area (Å²) in [5.41, 5.74) is 2.92. The molecule has 3 aromatic carbocycles. The lowest BCUT2D eigenvalue weighted by Gasteiger charge is -2.20. The Hall–Kier alpha value is -3.62. The molecule has 0 saturated carbocycles. The van der Waals surface area contributed by atoms with Crippen LogP contribution in [0.1, 0.15) is 42.6 Å². The van der Waals surface area contributed by atoms with Crippen molar-refractivity contribution in [2.45, 2.75) is 25.9 Å². The van der Waals surface area contributed by atoms with Crippen molar-refractivity contribution in [2.75, 3.05) is 13.2 Å². The zero-order valence-corrected chi connectivity index (χ0v) is 22.1. The minimum atomic E-state index is -1.12. The minimum Gasteiger partial charge on any atom is -0.489 e. The molecular formula is C29H27NO5S2. The number of carbonyl (C=O) groups excluding carboxylic acids is 1. The molecule has 0 radical (unpaired) electrons. The third-order valence-corrected chi connectivity index (χ3v) is 7.24. The highest BCUT2D eigenvalue weighted by molar-refractivity contribution is 8.26. The Balaban J connectivity index is 1.59. The number of nitrogens with zero attached hydrogens (tertiary/aromatic N) is 1. The number of amides is 1. The van der Waals surface area contributed by atoms with E-state index in [1.165, 1.54) is 5.56 Å². The van der Waals surface area contributed by atoms with E-state index in [2.05, 4.69) is 19.1 Å². The summed E-state index contributed by atoms with van der Waals surface area (Å²) in [6.07, 6.45) is 1.46. The van der Waals surface area contributed by atoms with Gasteiger partial charge in [-0.1, -0.05) is 97.6 Å². The number of carboxylic acids is 1. The quantitative estimate of drug-likeness (QED) is 0.242. The normalized spacial score (nSPS) is 16.1. The molecule has 37 heavy (non-hydrogen) atoms. The molecule has 1 aliphatic heterocycles. The number of carboxylic acid groups (broad SMARTS) is 1. The van der Waals surface area contributed by atoms with Crippen molar-refractivity contribution < 1.29 is 24.2 Å². The Morgan fingerprint density at radius 3 is 2.30 bits per heavy atom. The van der Waals surface area contributed by atoms with Gasteiger partial charge in [0.05, 0.1) is 11.5 Å². The number of carbonyl (C=O) groups is 2. The summed E-state index contributed by atoms with van der Waals surface area (Å²) in [5, 5.41) is 9.08. The van der Waals surface area contributed by atoms with E-state index < -0.39 is 18.4 Å². The Kier molecular flexibility index (Phi) is 8.63. The van der Waals surface area contributed by atoms with Crippen LogP contribution in [-0.2, 0) is 9.59 Å². The fraction of sp³-hybridized carbons (Fsp3) is 0.207. The predicted octanol–water partition coefficient (Wildman–Crippen LogP) is 6.29. The highest BCUT2D eigenvalue weighted by Crippen LogP contribution is 2.36. The Morgan fingerprint density at radius 1 is 1.00 bits per heavy atom. The topological polar surface area (TPSA) is 76.1 Å². The molecule has 4 rings (SSSR count). The van der Waals surface area contributed by atoms with Crippen LogP contribution >= 0.6 is 24.0 Å². The van der Waals surface area contributed by atoms with Gasteiger partial charge in [-0.15, -0.1) is 0 Å². The molecule has 190 valence electrons. The molecule has 1 N–H and O–H groups in total. The summed E-state index contributed by atoms with van der Waals surface area (Å²) in [7, 11) is 0. The lowest BCUT2D eigenvalue weighted by Crippen LogP contribution is -2.33. The van der Waals surface area contributed by atoms with Crippen LogP contribution in [0.4, 0.5) is 0 Å².